The molecule has 0 aromatic heterocycles. The summed E-state index contributed by atoms with van der Waals surface area (Å²) < 4.78 is 5.75. The maximum atomic E-state index is 11.7. The van der Waals surface area contributed by atoms with E-state index in [9.17, 15) is 9.59 Å². The van der Waals surface area contributed by atoms with Crippen molar-refractivity contribution in [1.82, 2.24) is 5.32 Å². The number of hydrogen-bond acceptors (Lipinski definition) is 6. The van der Waals surface area contributed by atoms with Gasteiger partial charge in [0.05, 0.1) is 17.6 Å². The molecule has 174 valence electrons. The van der Waals surface area contributed by atoms with Crippen LogP contribution in [0.15, 0.2) is 84.0 Å². The average molecular weight is 475 g/mol. The zero-order valence-corrected chi connectivity index (χ0v) is 19.7. The Balaban J connectivity index is 1.16. The van der Waals surface area contributed by atoms with Crippen LogP contribution in [0.1, 0.15) is 24.5 Å². The maximum absolute atomic E-state index is 11.7. The second kappa shape index (κ2) is 11.5. The van der Waals surface area contributed by atoms with E-state index in [4.69, 9.17) is 9.57 Å². The second-order valence-corrected chi connectivity index (χ2v) is 9.06. The molecule has 1 aliphatic heterocycles. The molecule has 0 aliphatic carbocycles. The number of amides is 2. The predicted octanol–water partition coefficient (Wildman–Crippen LogP) is 5.46. The van der Waals surface area contributed by atoms with Crippen molar-refractivity contribution in [3.63, 3.8) is 0 Å². The molecule has 1 aliphatic rings. The van der Waals surface area contributed by atoms with Gasteiger partial charge in [0.2, 0.25) is 5.91 Å². The topological polar surface area (TPSA) is 77.0 Å². The van der Waals surface area contributed by atoms with Gasteiger partial charge < -0.3 is 9.57 Å². The summed E-state index contributed by atoms with van der Waals surface area (Å²) in [6.07, 6.45) is 1.22. The monoisotopic (exact) mass is 474 g/mol. The van der Waals surface area contributed by atoms with Gasteiger partial charge in [-0.2, -0.15) is 0 Å². The third-order valence-electron chi connectivity index (χ3n) is 5.37. The Labute approximate surface area is 203 Å². The van der Waals surface area contributed by atoms with Crippen LogP contribution in [0.25, 0.3) is 11.1 Å². The van der Waals surface area contributed by atoms with Crippen molar-refractivity contribution in [3.05, 3.63) is 90.0 Å². The number of carbonyl (C=O) groups is 2. The number of imide groups is 1. The molecule has 0 saturated carbocycles. The number of thioether (sulfide) groups is 1. The summed E-state index contributed by atoms with van der Waals surface area (Å²) >= 11 is 1.04. The van der Waals surface area contributed by atoms with E-state index in [1.807, 2.05) is 61.5 Å². The lowest BCUT2D eigenvalue weighted by Crippen LogP contribution is -2.25. The van der Waals surface area contributed by atoms with E-state index in [1.54, 1.807) is 0 Å². The van der Waals surface area contributed by atoms with E-state index < -0.39 is 0 Å². The maximum Gasteiger partial charge on any atom is 0.286 e. The van der Waals surface area contributed by atoms with Crippen molar-refractivity contribution in [1.29, 1.82) is 0 Å². The van der Waals surface area contributed by atoms with Crippen LogP contribution >= 0.6 is 11.8 Å². The fraction of sp³-hybridized carbons (Fsp3) is 0.222. The molecule has 1 atom stereocenters. The highest BCUT2D eigenvalue weighted by atomic mass is 32.2. The fourth-order valence-electron chi connectivity index (χ4n) is 3.51. The van der Waals surface area contributed by atoms with Crippen molar-refractivity contribution >= 4 is 28.6 Å². The summed E-state index contributed by atoms with van der Waals surface area (Å²) in [5.74, 6) is 0.527. The summed E-state index contributed by atoms with van der Waals surface area (Å²) in [5, 5.41) is 5.88. The first-order valence-electron chi connectivity index (χ1n) is 11.1. The van der Waals surface area contributed by atoms with E-state index in [2.05, 4.69) is 34.7 Å². The third-order valence-corrected chi connectivity index (χ3v) is 6.35. The van der Waals surface area contributed by atoms with E-state index in [-0.39, 0.29) is 16.4 Å². The summed E-state index contributed by atoms with van der Waals surface area (Å²) in [5.41, 5.74) is 5.19. The summed E-state index contributed by atoms with van der Waals surface area (Å²) in [7, 11) is 0. The van der Waals surface area contributed by atoms with Crippen LogP contribution < -0.4 is 10.1 Å². The average Bonchev–Trinajstić information content (AvgIpc) is 3.19. The second-order valence-electron chi connectivity index (χ2n) is 7.89. The number of carbonyl (C=O) groups excluding carboxylic acids is 2. The van der Waals surface area contributed by atoms with Crippen LogP contribution in [0.5, 0.6) is 5.75 Å². The highest BCUT2D eigenvalue weighted by molar-refractivity contribution is 8.15. The van der Waals surface area contributed by atoms with Gasteiger partial charge in [0, 0.05) is 6.42 Å². The van der Waals surface area contributed by atoms with Gasteiger partial charge in [0.1, 0.15) is 12.4 Å². The molecule has 4 rings (SSSR count). The van der Waals surface area contributed by atoms with Crippen molar-refractivity contribution in [3.8, 4) is 16.9 Å². The van der Waals surface area contributed by atoms with Crippen LogP contribution in [0.2, 0.25) is 0 Å². The Hall–Kier alpha value is -3.58. The predicted molar refractivity (Wildman–Crippen MR) is 135 cm³/mol. The van der Waals surface area contributed by atoms with Gasteiger partial charge >= 0.3 is 0 Å². The van der Waals surface area contributed by atoms with Crippen molar-refractivity contribution in [2.24, 2.45) is 5.16 Å². The van der Waals surface area contributed by atoms with Crippen molar-refractivity contribution < 1.29 is 19.2 Å². The Morgan fingerprint density at radius 2 is 1.62 bits per heavy atom. The molecule has 1 saturated heterocycles. The first-order valence-corrected chi connectivity index (χ1v) is 12.0. The highest BCUT2D eigenvalue weighted by Crippen LogP contribution is 2.24. The summed E-state index contributed by atoms with van der Waals surface area (Å²) in [6.45, 7) is 2.90. The van der Waals surface area contributed by atoms with Crippen LogP contribution in [0.4, 0.5) is 4.79 Å². The normalized spacial score (nSPS) is 15.8. The van der Waals surface area contributed by atoms with E-state index in [0.29, 0.717) is 26.1 Å². The molecular formula is C27H26N2O4S. The lowest BCUT2D eigenvalue weighted by Gasteiger charge is -2.09. The van der Waals surface area contributed by atoms with E-state index >= 15 is 0 Å². The number of nitrogens with one attached hydrogen (secondary N) is 1. The third kappa shape index (κ3) is 6.48. The minimum atomic E-state index is -0.359. The first-order chi connectivity index (χ1) is 16.6. The van der Waals surface area contributed by atoms with Gasteiger partial charge in [-0.1, -0.05) is 83.6 Å². The summed E-state index contributed by atoms with van der Waals surface area (Å²) in [4.78, 5) is 28.4. The molecule has 0 spiro atoms. The zero-order chi connectivity index (χ0) is 23.8. The standard InChI is InChI=1S/C27H26N2O4S/c1-19(21-10-12-23(13-11-21)22-6-3-2-4-7-22)29-33-17-5-16-32-24-14-8-20(9-15-24)18-25-26(30)28-27(31)34-25/h2-4,6-15,25H,5,16-18H2,1H3,(H,28,30,31)/b29-19+. The van der Waals surface area contributed by atoms with E-state index in [1.165, 1.54) is 11.1 Å². The van der Waals surface area contributed by atoms with Crippen LogP contribution in [0, 0.1) is 0 Å². The van der Waals surface area contributed by atoms with Gasteiger partial charge in [0.15, 0.2) is 0 Å². The molecule has 1 unspecified atom stereocenters. The molecule has 3 aromatic carbocycles. The number of rotatable bonds is 10. The number of benzene rings is 3. The van der Waals surface area contributed by atoms with Gasteiger partial charge in [0.25, 0.3) is 5.24 Å². The Morgan fingerprint density at radius 1 is 0.912 bits per heavy atom. The van der Waals surface area contributed by atoms with E-state index in [0.717, 1.165) is 34.3 Å². The van der Waals surface area contributed by atoms with Gasteiger partial charge in [-0.3, -0.25) is 14.9 Å². The minimum Gasteiger partial charge on any atom is -0.493 e. The van der Waals surface area contributed by atoms with Crippen molar-refractivity contribution in [2.45, 2.75) is 25.0 Å². The SMILES string of the molecule is C/C(=N\OCCCOc1ccc(CC2SC(=O)NC2=O)cc1)c1ccc(-c2ccccc2)cc1. The number of ether oxygens (including phenoxy) is 1. The molecule has 0 bridgehead atoms. The zero-order valence-electron chi connectivity index (χ0n) is 18.9. The largest absolute Gasteiger partial charge is 0.493 e. The minimum absolute atomic E-state index is 0.225. The highest BCUT2D eigenvalue weighted by Gasteiger charge is 2.31. The van der Waals surface area contributed by atoms with Crippen molar-refractivity contribution in [2.75, 3.05) is 13.2 Å². The lowest BCUT2D eigenvalue weighted by atomic mass is 10.0. The number of hydrogen-bond donors (Lipinski definition) is 1. The first kappa shape index (κ1) is 23.6. The lowest BCUT2D eigenvalue weighted by molar-refractivity contribution is -0.118. The van der Waals surface area contributed by atoms with Crippen LogP contribution in [-0.2, 0) is 16.1 Å². The molecule has 3 aromatic rings. The van der Waals surface area contributed by atoms with Crippen LogP contribution in [0.3, 0.4) is 0 Å². The Kier molecular flexibility index (Phi) is 7.99. The molecular weight excluding hydrogens is 448 g/mol. The van der Waals surface area contributed by atoms with Gasteiger partial charge in [-0.15, -0.1) is 0 Å². The molecule has 7 heteroatoms. The molecule has 1 fully saturated rings. The number of nitrogens with zero attached hydrogens (tertiary/aromatic N) is 1. The fourth-order valence-corrected chi connectivity index (χ4v) is 4.37. The molecule has 0 radical (unpaired) electrons. The van der Waals surface area contributed by atoms with Gasteiger partial charge in [-0.25, -0.2) is 0 Å². The molecule has 1 heterocycles. The van der Waals surface area contributed by atoms with Gasteiger partial charge in [-0.05, 0) is 47.7 Å². The molecule has 2 amide bonds. The quantitative estimate of drug-likeness (QED) is 0.240. The van der Waals surface area contributed by atoms with Crippen LogP contribution in [-0.4, -0.2) is 35.3 Å². The molecule has 34 heavy (non-hydrogen) atoms. The summed E-state index contributed by atoms with van der Waals surface area (Å²) in [6, 6.07) is 26.1. The Bertz CT molecular complexity index is 1150. The molecule has 1 N–H and O–H groups in total. The molecule has 6 nitrogen and oxygen atoms in total. The Morgan fingerprint density at radius 3 is 2.29 bits per heavy atom. The smallest absolute Gasteiger partial charge is 0.286 e. The number of oxime groups is 1.